The van der Waals surface area contributed by atoms with Crippen LogP contribution in [-0.2, 0) is 12.8 Å². The van der Waals surface area contributed by atoms with Gasteiger partial charge in [0.2, 0.25) is 0 Å². The molecule has 0 saturated carbocycles. The van der Waals surface area contributed by atoms with Gasteiger partial charge < -0.3 is 9.84 Å². The zero-order valence-corrected chi connectivity index (χ0v) is 12.8. The molecule has 0 bridgehead atoms. The first-order valence-corrected chi connectivity index (χ1v) is 6.92. The summed E-state index contributed by atoms with van der Waals surface area (Å²) < 4.78 is 45.0. The Hall–Kier alpha value is -1.24. The fraction of sp³-hybridized carbons (Fsp3) is 0.143. The van der Waals surface area contributed by atoms with Gasteiger partial charge in [-0.1, -0.05) is 33.6 Å². The van der Waals surface area contributed by atoms with Crippen LogP contribution in [0.1, 0.15) is 11.1 Å². The third-order valence-electron chi connectivity index (χ3n) is 2.65. The van der Waals surface area contributed by atoms with Crippen LogP contribution >= 0.6 is 27.5 Å². The quantitative estimate of drug-likeness (QED) is 0.771. The number of rotatable bonds is 3. The number of halogens is 5. The molecule has 0 unspecified atom stereocenters. The van der Waals surface area contributed by atoms with E-state index < -0.39 is 18.3 Å². The van der Waals surface area contributed by atoms with E-state index in [4.69, 9.17) is 21.4 Å². The number of benzene rings is 2. The molecule has 2 aromatic rings. The first-order valence-electron chi connectivity index (χ1n) is 5.75. The Bertz CT molecular complexity index is 659. The molecule has 0 aliphatic carbocycles. The standard InChI is InChI=1S/C14H9BrClF3O2/c15-9-2-3-11(16)13(6-9)21-12-4-1-8(7-20)5-10(12)14(17,18)19/h1-6,20H,7H2. The van der Waals surface area contributed by atoms with Crippen LogP contribution in [0, 0.1) is 0 Å². The highest BCUT2D eigenvalue weighted by Crippen LogP contribution is 2.40. The van der Waals surface area contributed by atoms with Crippen LogP contribution in [0.15, 0.2) is 40.9 Å². The highest BCUT2D eigenvalue weighted by atomic mass is 79.9. The van der Waals surface area contributed by atoms with Crippen molar-refractivity contribution in [2.75, 3.05) is 0 Å². The lowest BCUT2D eigenvalue weighted by Gasteiger charge is -2.15. The van der Waals surface area contributed by atoms with Crippen LogP contribution in [0.3, 0.4) is 0 Å². The van der Waals surface area contributed by atoms with E-state index in [9.17, 15) is 13.2 Å². The van der Waals surface area contributed by atoms with Crippen molar-refractivity contribution in [3.05, 3.63) is 57.0 Å². The Morgan fingerprint density at radius 2 is 1.81 bits per heavy atom. The van der Waals surface area contributed by atoms with E-state index >= 15 is 0 Å². The number of ether oxygens (including phenoxy) is 1. The van der Waals surface area contributed by atoms with E-state index in [0.29, 0.717) is 4.47 Å². The van der Waals surface area contributed by atoms with Crippen molar-refractivity contribution < 1.29 is 23.0 Å². The van der Waals surface area contributed by atoms with E-state index in [1.165, 1.54) is 18.2 Å². The maximum absolute atomic E-state index is 13.0. The predicted molar refractivity (Wildman–Crippen MR) is 76.6 cm³/mol. The molecule has 0 aliphatic heterocycles. The lowest BCUT2D eigenvalue weighted by molar-refractivity contribution is -0.138. The van der Waals surface area contributed by atoms with Crippen molar-refractivity contribution in [3.63, 3.8) is 0 Å². The summed E-state index contributed by atoms with van der Waals surface area (Å²) >= 11 is 9.10. The van der Waals surface area contributed by atoms with E-state index in [2.05, 4.69) is 15.9 Å². The molecule has 0 spiro atoms. The number of hydrogen-bond acceptors (Lipinski definition) is 2. The van der Waals surface area contributed by atoms with Gasteiger partial charge in [0.25, 0.3) is 0 Å². The number of aliphatic hydroxyl groups is 1. The molecule has 0 aromatic heterocycles. The predicted octanol–water partition coefficient (Wildman–Crippen LogP) is 5.41. The largest absolute Gasteiger partial charge is 0.455 e. The molecule has 0 aliphatic rings. The van der Waals surface area contributed by atoms with Gasteiger partial charge in [-0.2, -0.15) is 13.2 Å². The molecular weight excluding hydrogens is 373 g/mol. The van der Waals surface area contributed by atoms with E-state index in [1.54, 1.807) is 6.07 Å². The molecule has 0 amide bonds. The summed E-state index contributed by atoms with van der Waals surface area (Å²) in [7, 11) is 0. The Morgan fingerprint density at radius 1 is 1.10 bits per heavy atom. The number of alkyl halides is 3. The van der Waals surface area contributed by atoms with Crippen LogP contribution in [0.25, 0.3) is 0 Å². The summed E-state index contributed by atoms with van der Waals surface area (Å²) in [6.07, 6.45) is -4.60. The van der Waals surface area contributed by atoms with Crippen molar-refractivity contribution in [1.82, 2.24) is 0 Å². The van der Waals surface area contributed by atoms with E-state index in [-0.39, 0.29) is 22.1 Å². The Morgan fingerprint density at radius 3 is 2.43 bits per heavy atom. The lowest BCUT2D eigenvalue weighted by atomic mass is 10.1. The third-order valence-corrected chi connectivity index (χ3v) is 3.45. The zero-order chi connectivity index (χ0) is 15.6. The molecule has 2 rings (SSSR count). The van der Waals surface area contributed by atoms with Gasteiger partial charge in [0.15, 0.2) is 0 Å². The van der Waals surface area contributed by atoms with E-state index in [0.717, 1.165) is 12.1 Å². The zero-order valence-electron chi connectivity index (χ0n) is 10.4. The van der Waals surface area contributed by atoms with E-state index in [1.807, 2.05) is 0 Å². The number of aliphatic hydroxyl groups excluding tert-OH is 1. The minimum Gasteiger partial charge on any atom is -0.455 e. The minimum absolute atomic E-state index is 0.105. The molecule has 2 aromatic carbocycles. The van der Waals surface area contributed by atoms with Crippen molar-refractivity contribution in [3.8, 4) is 11.5 Å². The van der Waals surface area contributed by atoms with Crippen molar-refractivity contribution in [1.29, 1.82) is 0 Å². The first-order chi connectivity index (χ1) is 9.81. The highest BCUT2D eigenvalue weighted by molar-refractivity contribution is 9.10. The Labute approximate surface area is 132 Å². The fourth-order valence-electron chi connectivity index (χ4n) is 1.66. The van der Waals surface area contributed by atoms with Crippen LogP contribution in [-0.4, -0.2) is 5.11 Å². The summed E-state index contributed by atoms with van der Waals surface area (Å²) in [6, 6.07) is 8.00. The summed E-state index contributed by atoms with van der Waals surface area (Å²) in [4.78, 5) is 0. The topological polar surface area (TPSA) is 29.5 Å². The Kier molecular flexibility index (Phi) is 4.81. The number of hydrogen-bond donors (Lipinski definition) is 1. The van der Waals surface area contributed by atoms with Gasteiger partial charge in [-0.15, -0.1) is 0 Å². The molecule has 7 heteroatoms. The summed E-state index contributed by atoms with van der Waals surface area (Å²) in [5.41, 5.74) is -0.819. The fourth-order valence-corrected chi connectivity index (χ4v) is 2.16. The molecule has 2 nitrogen and oxygen atoms in total. The highest BCUT2D eigenvalue weighted by Gasteiger charge is 2.35. The summed E-state index contributed by atoms with van der Waals surface area (Å²) in [6.45, 7) is -0.485. The Balaban J connectivity index is 2.46. The molecule has 0 atom stereocenters. The van der Waals surface area contributed by atoms with Crippen LogP contribution in [0.2, 0.25) is 5.02 Å². The van der Waals surface area contributed by atoms with Crippen molar-refractivity contribution >= 4 is 27.5 Å². The smallest absolute Gasteiger partial charge is 0.419 e. The molecule has 0 heterocycles. The molecule has 21 heavy (non-hydrogen) atoms. The van der Waals surface area contributed by atoms with Crippen molar-refractivity contribution in [2.45, 2.75) is 12.8 Å². The molecule has 0 radical (unpaired) electrons. The van der Waals surface area contributed by atoms with Gasteiger partial charge in [-0.3, -0.25) is 0 Å². The average molecular weight is 382 g/mol. The summed E-state index contributed by atoms with van der Waals surface area (Å²) in [5.74, 6) is -0.270. The molecule has 1 N–H and O–H groups in total. The molecule has 112 valence electrons. The molecule has 0 fully saturated rings. The van der Waals surface area contributed by atoms with Crippen LogP contribution in [0.4, 0.5) is 13.2 Å². The normalized spacial score (nSPS) is 11.5. The summed E-state index contributed by atoms with van der Waals surface area (Å²) in [5, 5.41) is 9.15. The van der Waals surface area contributed by atoms with Crippen LogP contribution < -0.4 is 4.74 Å². The maximum Gasteiger partial charge on any atom is 0.419 e. The van der Waals surface area contributed by atoms with Gasteiger partial charge in [-0.25, -0.2) is 0 Å². The molecule has 0 saturated heterocycles. The van der Waals surface area contributed by atoms with Gasteiger partial charge in [-0.05, 0) is 35.9 Å². The minimum atomic E-state index is -4.60. The van der Waals surface area contributed by atoms with Crippen molar-refractivity contribution in [2.24, 2.45) is 0 Å². The third kappa shape index (κ3) is 3.90. The van der Waals surface area contributed by atoms with Gasteiger partial charge in [0, 0.05) is 4.47 Å². The monoisotopic (exact) mass is 380 g/mol. The first kappa shape index (κ1) is 16.1. The van der Waals surface area contributed by atoms with Gasteiger partial charge in [0.05, 0.1) is 17.2 Å². The molecular formula is C14H9BrClF3O2. The van der Waals surface area contributed by atoms with Gasteiger partial charge >= 0.3 is 6.18 Å². The van der Waals surface area contributed by atoms with Crippen LogP contribution in [0.5, 0.6) is 11.5 Å². The second-order valence-corrected chi connectivity index (χ2v) is 5.49. The maximum atomic E-state index is 13.0. The second kappa shape index (κ2) is 6.25. The SMILES string of the molecule is OCc1ccc(Oc2cc(Br)ccc2Cl)c(C(F)(F)F)c1. The lowest BCUT2D eigenvalue weighted by Crippen LogP contribution is -2.08. The second-order valence-electron chi connectivity index (χ2n) is 4.16. The average Bonchev–Trinajstić information content (AvgIpc) is 2.42. The van der Waals surface area contributed by atoms with Gasteiger partial charge in [0.1, 0.15) is 11.5 Å².